The van der Waals surface area contributed by atoms with Crippen molar-refractivity contribution in [1.29, 1.82) is 0 Å². The first kappa shape index (κ1) is 16.8. The fourth-order valence-electron chi connectivity index (χ4n) is 1.73. The average molecular weight is 358 g/mol. The summed E-state index contributed by atoms with van der Waals surface area (Å²) in [6.45, 7) is 1.55. The van der Waals surface area contributed by atoms with Gasteiger partial charge in [0.15, 0.2) is 0 Å². The van der Waals surface area contributed by atoms with Crippen molar-refractivity contribution in [2.24, 2.45) is 0 Å². The molecule has 0 aliphatic carbocycles. The molecule has 1 amide bonds. The fraction of sp³-hybridized carbons (Fsp3) is 0.133. The molecule has 22 heavy (non-hydrogen) atoms. The van der Waals surface area contributed by atoms with Crippen LogP contribution in [0.1, 0.15) is 6.92 Å². The zero-order valence-corrected chi connectivity index (χ0v) is 13.9. The topological polar surface area (TPSA) is 63.2 Å². The van der Waals surface area contributed by atoms with Crippen LogP contribution < -0.4 is 5.32 Å². The normalized spacial score (nSPS) is 12.7. The van der Waals surface area contributed by atoms with Crippen LogP contribution in [0, 0.1) is 0 Å². The lowest BCUT2D eigenvalue weighted by Gasteiger charge is -2.08. The maximum atomic E-state index is 12.5. The first-order valence-electron chi connectivity index (χ1n) is 6.36. The van der Waals surface area contributed by atoms with Crippen LogP contribution in [0.5, 0.6) is 0 Å². The SMILES string of the molecule is CC(Cl)C(=O)Nc1ccc(S(=O)(=O)c2cccc(Cl)c2)cc1. The minimum atomic E-state index is -3.65. The number of alkyl halides is 1. The fourth-order valence-corrected chi connectivity index (χ4v) is 3.35. The van der Waals surface area contributed by atoms with E-state index < -0.39 is 15.2 Å². The number of halogens is 2. The summed E-state index contributed by atoms with van der Waals surface area (Å²) in [5, 5.41) is 2.26. The number of hydrogen-bond donors (Lipinski definition) is 1. The number of rotatable bonds is 4. The van der Waals surface area contributed by atoms with Crippen LogP contribution in [0.15, 0.2) is 58.3 Å². The molecule has 1 atom stereocenters. The van der Waals surface area contributed by atoms with Gasteiger partial charge in [0.05, 0.1) is 9.79 Å². The van der Waals surface area contributed by atoms with Crippen molar-refractivity contribution in [1.82, 2.24) is 0 Å². The number of carbonyl (C=O) groups is 1. The van der Waals surface area contributed by atoms with Gasteiger partial charge in [-0.15, -0.1) is 11.6 Å². The van der Waals surface area contributed by atoms with Crippen molar-refractivity contribution in [3.05, 3.63) is 53.6 Å². The highest BCUT2D eigenvalue weighted by Crippen LogP contribution is 2.24. The van der Waals surface area contributed by atoms with Crippen LogP contribution in [0.25, 0.3) is 0 Å². The predicted octanol–water partition coefficient (Wildman–Crippen LogP) is 3.74. The monoisotopic (exact) mass is 357 g/mol. The van der Waals surface area contributed by atoms with Gasteiger partial charge in [0.2, 0.25) is 15.7 Å². The lowest BCUT2D eigenvalue weighted by molar-refractivity contribution is -0.115. The minimum Gasteiger partial charge on any atom is -0.325 e. The third-order valence-electron chi connectivity index (χ3n) is 2.90. The molecule has 0 radical (unpaired) electrons. The second-order valence-electron chi connectivity index (χ2n) is 4.59. The highest BCUT2D eigenvalue weighted by atomic mass is 35.5. The Labute approximate surface area is 139 Å². The molecule has 0 bridgehead atoms. The largest absolute Gasteiger partial charge is 0.325 e. The van der Waals surface area contributed by atoms with Gasteiger partial charge >= 0.3 is 0 Å². The molecule has 0 aliphatic heterocycles. The molecule has 0 spiro atoms. The zero-order chi connectivity index (χ0) is 16.3. The quantitative estimate of drug-likeness (QED) is 0.847. The number of anilines is 1. The first-order chi connectivity index (χ1) is 10.3. The van der Waals surface area contributed by atoms with E-state index in [2.05, 4.69) is 5.32 Å². The zero-order valence-electron chi connectivity index (χ0n) is 11.6. The molecule has 0 aromatic heterocycles. The number of hydrogen-bond acceptors (Lipinski definition) is 3. The van der Waals surface area contributed by atoms with Gasteiger partial charge in [0.25, 0.3) is 0 Å². The summed E-state index contributed by atoms with van der Waals surface area (Å²) in [7, 11) is -3.65. The van der Waals surface area contributed by atoms with Gasteiger partial charge < -0.3 is 5.32 Å². The van der Waals surface area contributed by atoms with Gasteiger partial charge in [-0.3, -0.25) is 4.79 Å². The molecule has 0 saturated carbocycles. The molecule has 7 heteroatoms. The predicted molar refractivity (Wildman–Crippen MR) is 87.3 cm³/mol. The van der Waals surface area contributed by atoms with E-state index in [1.165, 1.54) is 36.4 Å². The Morgan fingerprint density at radius 1 is 1.09 bits per heavy atom. The van der Waals surface area contributed by atoms with E-state index in [0.29, 0.717) is 10.7 Å². The van der Waals surface area contributed by atoms with Crippen LogP contribution in [0.4, 0.5) is 5.69 Å². The summed E-state index contributed by atoms with van der Waals surface area (Å²) in [6, 6.07) is 11.9. The van der Waals surface area contributed by atoms with E-state index in [-0.39, 0.29) is 15.7 Å². The Hall–Kier alpha value is -1.56. The molecule has 116 valence electrons. The Morgan fingerprint density at radius 3 is 2.27 bits per heavy atom. The Bertz CT molecular complexity index is 787. The second-order valence-corrected chi connectivity index (χ2v) is 7.63. The van der Waals surface area contributed by atoms with E-state index in [4.69, 9.17) is 23.2 Å². The number of nitrogens with one attached hydrogen (secondary N) is 1. The summed E-state index contributed by atoms with van der Waals surface area (Å²) >= 11 is 11.5. The highest BCUT2D eigenvalue weighted by molar-refractivity contribution is 7.91. The van der Waals surface area contributed by atoms with Crippen molar-refractivity contribution in [2.45, 2.75) is 22.1 Å². The Balaban J connectivity index is 2.28. The lowest BCUT2D eigenvalue weighted by Crippen LogP contribution is -2.20. The molecule has 1 N–H and O–H groups in total. The molecule has 2 rings (SSSR count). The molecule has 2 aromatic carbocycles. The summed E-state index contributed by atoms with van der Waals surface area (Å²) in [4.78, 5) is 11.7. The van der Waals surface area contributed by atoms with Crippen LogP contribution in [-0.2, 0) is 14.6 Å². The van der Waals surface area contributed by atoms with Crippen LogP contribution in [0.3, 0.4) is 0 Å². The van der Waals surface area contributed by atoms with Gasteiger partial charge in [-0.05, 0) is 49.4 Å². The molecular weight excluding hydrogens is 345 g/mol. The number of amides is 1. The first-order valence-corrected chi connectivity index (χ1v) is 8.66. The van der Waals surface area contributed by atoms with Gasteiger partial charge in [0, 0.05) is 10.7 Å². The van der Waals surface area contributed by atoms with Gasteiger partial charge in [-0.1, -0.05) is 17.7 Å². The molecule has 0 saturated heterocycles. The maximum absolute atomic E-state index is 12.5. The van der Waals surface area contributed by atoms with Crippen LogP contribution >= 0.6 is 23.2 Å². The third-order valence-corrected chi connectivity index (χ3v) is 5.10. The van der Waals surface area contributed by atoms with E-state index in [0.717, 1.165) is 0 Å². The van der Waals surface area contributed by atoms with Crippen molar-refractivity contribution in [3.8, 4) is 0 Å². The Kier molecular flexibility index (Phi) is 5.11. The van der Waals surface area contributed by atoms with Crippen molar-refractivity contribution >= 4 is 44.6 Å². The summed E-state index contributed by atoms with van der Waals surface area (Å²) < 4.78 is 24.9. The van der Waals surface area contributed by atoms with E-state index >= 15 is 0 Å². The van der Waals surface area contributed by atoms with Crippen molar-refractivity contribution < 1.29 is 13.2 Å². The smallest absolute Gasteiger partial charge is 0.242 e. The van der Waals surface area contributed by atoms with E-state index in [1.54, 1.807) is 19.1 Å². The third kappa shape index (κ3) is 3.80. The van der Waals surface area contributed by atoms with Crippen LogP contribution in [0.2, 0.25) is 5.02 Å². The summed E-state index contributed by atoms with van der Waals surface area (Å²) in [6.07, 6.45) is 0. The van der Waals surface area contributed by atoms with E-state index in [9.17, 15) is 13.2 Å². The standard InChI is InChI=1S/C15H13Cl2NO3S/c1-10(16)15(19)18-12-5-7-13(8-6-12)22(20,21)14-4-2-3-11(17)9-14/h2-10H,1H3,(H,18,19). The van der Waals surface area contributed by atoms with E-state index in [1.807, 2.05) is 0 Å². The number of benzene rings is 2. The van der Waals surface area contributed by atoms with Crippen molar-refractivity contribution in [3.63, 3.8) is 0 Å². The second kappa shape index (κ2) is 6.69. The molecule has 4 nitrogen and oxygen atoms in total. The minimum absolute atomic E-state index is 0.117. The van der Waals surface area contributed by atoms with Crippen LogP contribution in [-0.4, -0.2) is 19.7 Å². The Morgan fingerprint density at radius 2 is 1.73 bits per heavy atom. The number of carbonyl (C=O) groups excluding carboxylic acids is 1. The molecule has 1 unspecified atom stereocenters. The summed E-state index contributed by atoms with van der Waals surface area (Å²) in [5.41, 5.74) is 0.475. The van der Waals surface area contributed by atoms with Gasteiger partial charge in [0.1, 0.15) is 5.38 Å². The average Bonchev–Trinajstić information content (AvgIpc) is 2.47. The maximum Gasteiger partial charge on any atom is 0.242 e. The highest BCUT2D eigenvalue weighted by Gasteiger charge is 2.18. The van der Waals surface area contributed by atoms with Crippen molar-refractivity contribution in [2.75, 3.05) is 5.32 Å². The molecule has 0 fully saturated rings. The molecule has 0 aliphatic rings. The summed E-state index contributed by atoms with van der Waals surface area (Å²) in [5.74, 6) is -0.355. The molecule has 2 aromatic rings. The van der Waals surface area contributed by atoms with Gasteiger partial charge in [-0.25, -0.2) is 8.42 Å². The van der Waals surface area contributed by atoms with Gasteiger partial charge in [-0.2, -0.15) is 0 Å². The number of sulfone groups is 1. The molecular formula is C15H13Cl2NO3S. The lowest BCUT2D eigenvalue weighted by atomic mass is 10.3. The molecule has 0 heterocycles.